The Kier molecular flexibility index (Phi) is 4.91. The monoisotopic (exact) mass is 406 g/mol. The van der Waals surface area contributed by atoms with Crippen molar-refractivity contribution >= 4 is 22.0 Å². The number of sulfonamides is 1. The molecule has 3 aliphatic rings. The van der Waals surface area contributed by atoms with Gasteiger partial charge in [-0.1, -0.05) is 6.07 Å². The molecule has 2 saturated carbocycles. The number of nitrogens with one attached hydrogen (secondary N) is 2. The largest absolute Gasteiger partial charge is 0.334 e. The Labute approximate surface area is 165 Å². The van der Waals surface area contributed by atoms with Crippen LogP contribution in [0, 0.1) is 5.92 Å². The first-order chi connectivity index (χ1) is 13.3. The third-order valence-electron chi connectivity index (χ3n) is 6.08. The first kappa shape index (κ1) is 19.3. The molecule has 0 spiro atoms. The molecule has 1 saturated heterocycles. The number of aromatic nitrogens is 1. The summed E-state index contributed by atoms with van der Waals surface area (Å²) in [5, 5.41) is 2.30. The van der Waals surface area contributed by atoms with Gasteiger partial charge in [0.25, 0.3) is 0 Å². The Bertz CT molecular complexity index is 869. The van der Waals surface area contributed by atoms with E-state index in [-0.39, 0.29) is 30.5 Å². The summed E-state index contributed by atoms with van der Waals surface area (Å²) in [6.45, 7) is 2.14. The molecule has 3 fully saturated rings. The van der Waals surface area contributed by atoms with E-state index >= 15 is 0 Å². The Morgan fingerprint density at radius 3 is 2.75 bits per heavy atom. The van der Waals surface area contributed by atoms with Crippen LogP contribution in [0.25, 0.3) is 0 Å². The number of carbonyl (C=O) groups is 2. The van der Waals surface area contributed by atoms with Gasteiger partial charge >= 0.3 is 6.03 Å². The van der Waals surface area contributed by atoms with Crippen LogP contribution in [0.15, 0.2) is 24.4 Å². The van der Waals surface area contributed by atoms with Crippen molar-refractivity contribution in [2.45, 2.75) is 62.3 Å². The molecule has 1 aliphatic heterocycles. The molecule has 2 heterocycles. The van der Waals surface area contributed by atoms with E-state index < -0.39 is 27.2 Å². The van der Waals surface area contributed by atoms with Gasteiger partial charge in [-0.3, -0.25) is 14.7 Å². The molecule has 152 valence electrons. The Hall–Kier alpha value is -2.00. The summed E-state index contributed by atoms with van der Waals surface area (Å²) in [7, 11) is -3.48. The smallest absolute Gasteiger partial charge is 0.324 e. The van der Waals surface area contributed by atoms with Gasteiger partial charge in [0.1, 0.15) is 0 Å². The summed E-state index contributed by atoms with van der Waals surface area (Å²) >= 11 is 0. The molecule has 4 rings (SSSR count). The molecule has 0 bridgehead atoms. The topological polar surface area (TPSA) is 108 Å². The van der Waals surface area contributed by atoms with Crippen LogP contribution in [-0.2, 0) is 21.2 Å². The second-order valence-corrected chi connectivity index (χ2v) is 10.3. The molecular weight excluding hydrogens is 380 g/mol. The number of carbonyl (C=O) groups excluding carboxylic acids is 2. The molecule has 0 radical (unpaired) electrons. The third kappa shape index (κ3) is 3.91. The second kappa shape index (κ2) is 7.11. The fourth-order valence-corrected chi connectivity index (χ4v) is 6.06. The van der Waals surface area contributed by atoms with Gasteiger partial charge < -0.3 is 5.32 Å². The summed E-state index contributed by atoms with van der Waals surface area (Å²) < 4.78 is 28.3. The summed E-state index contributed by atoms with van der Waals surface area (Å²) in [4.78, 5) is 30.8. The van der Waals surface area contributed by atoms with Crippen LogP contribution in [0.3, 0.4) is 0 Å². The van der Waals surface area contributed by atoms with Crippen LogP contribution < -0.4 is 10.0 Å². The average molecular weight is 407 g/mol. The van der Waals surface area contributed by atoms with E-state index in [1.165, 1.54) is 4.90 Å². The molecule has 0 aromatic carbocycles. The summed E-state index contributed by atoms with van der Waals surface area (Å²) in [6.07, 6.45) is 5.04. The highest BCUT2D eigenvalue weighted by Gasteiger charge is 2.49. The lowest BCUT2D eigenvalue weighted by Crippen LogP contribution is -2.63. The zero-order valence-corrected chi connectivity index (χ0v) is 16.7. The molecule has 1 aromatic heterocycles. The predicted molar refractivity (Wildman–Crippen MR) is 103 cm³/mol. The van der Waals surface area contributed by atoms with Gasteiger partial charge in [-0.05, 0) is 51.2 Å². The normalized spacial score (nSPS) is 29.2. The van der Waals surface area contributed by atoms with Gasteiger partial charge in [0.15, 0.2) is 0 Å². The molecule has 3 amide bonds. The molecular formula is C19H26N4O4S. The number of imide groups is 1. The Morgan fingerprint density at radius 2 is 2.07 bits per heavy atom. The maximum atomic E-state index is 13.0. The lowest BCUT2D eigenvalue weighted by Gasteiger charge is -2.42. The summed E-state index contributed by atoms with van der Waals surface area (Å²) in [5.41, 5.74) is 0.478. The van der Waals surface area contributed by atoms with Gasteiger partial charge in [0.05, 0.1) is 11.2 Å². The fraction of sp³-hybridized carbons (Fsp3) is 0.632. The van der Waals surface area contributed by atoms with Gasteiger partial charge in [-0.2, -0.15) is 0 Å². The highest BCUT2D eigenvalue weighted by atomic mass is 32.2. The highest BCUT2D eigenvalue weighted by Crippen LogP contribution is 2.38. The molecule has 3 unspecified atom stereocenters. The van der Waals surface area contributed by atoms with Crippen molar-refractivity contribution in [2.75, 3.05) is 6.54 Å². The van der Waals surface area contributed by atoms with E-state index in [1.807, 2.05) is 25.1 Å². The van der Waals surface area contributed by atoms with Crippen molar-refractivity contribution in [1.82, 2.24) is 19.9 Å². The van der Waals surface area contributed by atoms with Crippen LogP contribution in [0.1, 0.15) is 44.7 Å². The predicted octanol–water partition coefficient (Wildman–Crippen LogP) is 1.19. The molecule has 2 N–H and O–H groups in total. The second-order valence-electron chi connectivity index (χ2n) is 8.37. The molecule has 9 heteroatoms. The average Bonchev–Trinajstić information content (AvgIpc) is 3.38. The lowest BCUT2D eigenvalue weighted by atomic mass is 9.82. The van der Waals surface area contributed by atoms with Crippen molar-refractivity contribution in [2.24, 2.45) is 5.92 Å². The van der Waals surface area contributed by atoms with E-state index in [9.17, 15) is 18.0 Å². The van der Waals surface area contributed by atoms with Gasteiger partial charge in [-0.15, -0.1) is 0 Å². The zero-order chi connectivity index (χ0) is 19.9. The highest BCUT2D eigenvalue weighted by molar-refractivity contribution is 7.90. The SMILES string of the molecule is CC1(NS(=O)(=O)C2CCC3NC(=O)N(CCc4ccccn4)C(=O)C3C2)CC1. The minimum Gasteiger partial charge on any atom is -0.334 e. The quantitative estimate of drug-likeness (QED) is 0.738. The number of hydrogen-bond donors (Lipinski definition) is 2. The molecule has 2 aliphatic carbocycles. The van der Waals surface area contributed by atoms with E-state index in [0.717, 1.165) is 18.5 Å². The number of amides is 3. The summed E-state index contributed by atoms with van der Waals surface area (Å²) in [5.74, 6) is -0.772. The molecule has 28 heavy (non-hydrogen) atoms. The maximum Gasteiger partial charge on any atom is 0.324 e. The maximum absolute atomic E-state index is 13.0. The van der Waals surface area contributed by atoms with Gasteiger partial charge in [-0.25, -0.2) is 17.9 Å². The Morgan fingerprint density at radius 1 is 1.29 bits per heavy atom. The van der Waals surface area contributed by atoms with Crippen molar-refractivity contribution in [3.05, 3.63) is 30.1 Å². The first-order valence-corrected chi connectivity index (χ1v) is 11.4. The van der Waals surface area contributed by atoms with Crippen LogP contribution in [-0.4, -0.2) is 53.6 Å². The van der Waals surface area contributed by atoms with Crippen molar-refractivity contribution < 1.29 is 18.0 Å². The van der Waals surface area contributed by atoms with Crippen LogP contribution >= 0.6 is 0 Å². The molecule has 1 aromatic rings. The van der Waals surface area contributed by atoms with E-state index in [0.29, 0.717) is 19.3 Å². The van der Waals surface area contributed by atoms with E-state index in [1.54, 1.807) is 6.20 Å². The van der Waals surface area contributed by atoms with Crippen molar-refractivity contribution in [3.8, 4) is 0 Å². The van der Waals surface area contributed by atoms with Gasteiger partial charge in [0, 0.05) is 36.4 Å². The Balaban J connectivity index is 1.44. The molecule has 3 atom stereocenters. The van der Waals surface area contributed by atoms with Crippen molar-refractivity contribution in [1.29, 1.82) is 0 Å². The number of fused-ring (bicyclic) bond motifs is 1. The standard InChI is InChI=1S/C19H26N4O4S/c1-19(8-9-19)22-28(26,27)14-5-6-16-15(12-14)17(24)23(18(25)21-16)11-7-13-4-2-3-10-20-13/h2-4,10,14-16,22H,5-9,11-12H2,1H3,(H,21,25). The summed E-state index contributed by atoms with van der Waals surface area (Å²) in [6, 6.07) is 4.84. The number of hydrogen-bond acceptors (Lipinski definition) is 5. The lowest BCUT2D eigenvalue weighted by molar-refractivity contribution is -0.136. The molecule has 8 nitrogen and oxygen atoms in total. The zero-order valence-electron chi connectivity index (χ0n) is 15.9. The van der Waals surface area contributed by atoms with Gasteiger partial charge in [0.2, 0.25) is 15.9 Å². The number of urea groups is 1. The minimum absolute atomic E-state index is 0.235. The van der Waals surface area contributed by atoms with Crippen LogP contribution in [0.4, 0.5) is 4.79 Å². The first-order valence-electron chi connectivity index (χ1n) is 9.82. The van der Waals surface area contributed by atoms with E-state index in [2.05, 4.69) is 15.0 Å². The van der Waals surface area contributed by atoms with E-state index in [4.69, 9.17) is 0 Å². The number of nitrogens with zero attached hydrogens (tertiary/aromatic N) is 2. The number of rotatable bonds is 6. The third-order valence-corrected chi connectivity index (χ3v) is 8.17. The minimum atomic E-state index is -3.48. The van der Waals surface area contributed by atoms with Crippen LogP contribution in [0.2, 0.25) is 0 Å². The fourth-order valence-electron chi connectivity index (χ4n) is 4.10. The van der Waals surface area contributed by atoms with Crippen LogP contribution in [0.5, 0.6) is 0 Å². The van der Waals surface area contributed by atoms with Crippen molar-refractivity contribution in [3.63, 3.8) is 0 Å². The number of pyridine rings is 1.